The van der Waals surface area contributed by atoms with E-state index in [-0.39, 0.29) is 5.54 Å². The Hall–Kier alpha value is -0.930. The van der Waals surface area contributed by atoms with Gasteiger partial charge in [-0.05, 0) is 24.5 Å². The molecule has 1 aliphatic rings. The van der Waals surface area contributed by atoms with E-state index in [1.807, 2.05) is 18.3 Å². The highest BCUT2D eigenvalue weighted by molar-refractivity contribution is 5.24. The highest BCUT2D eigenvalue weighted by Crippen LogP contribution is 2.41. The first kappa shape index (κ1) is 7.71. The molecule has 1 heterocycles. The summed E-state index contributed by atoms with van der Waals surface area (Å²) >= 11 is 0. The summed E-state index contributed by atoms with van der Waals surface area (Å²) in [5.41, 5.74) is 13.4. The second-order valence-electron chi connectivity index (χ2n) is 3.41. The molecule has 4 N–H and O–H groups in total. The number of nitrogens with two attached hydrogens (primary N) is 2. The van der Waals surface area contributed by atoms with E-state index in [0.29, 0.717) is 6.54 Å². The van der Waals surface area contributed by atoms with Crippen molar-refractivity contribution in [3.05, 3.63) is 29.6 Å². The van der Waals surface area contributed by atoms with E-state index < -0.39 is 0 Å². The van der Waals surface area contributed by atoms with Gasteiger partial charge in [-0.2, -0.15) is 0 Å². The first-order valence-corrected chi connectivity index (χ1v) is 4.19. The largest absolute Gasteiger partial charge is 0.326 e. The highest BCUT2D eigenvalue weighted by Gasteiger charge is 2.41. The van der Waals surface area contributed by atoms with Gasteiger partial charge >= 0.3 is 0 Å². The Kier molecular flexibility index (Phi) is 1.63. The average Bonchev–Trinajstić information content (AvgIpc) is 2.85. The van der Waals surface area contributed by atoms with Crippen LogP contribution < -0.4 is 11.5 Å². The fourth-order valence-electron chi connectivity index (χ4n) is 1.23. The zero-order chi connectivity index (χ0) is 8.60. The molecule has 1 aromatic heterocycles. The van der Waals surface area contributed by atoms with Crippen LogP contribution in [-0.4, -0.2) is 4.98 Å². The molecule has 0 amide bonds. The smallest absolute Gasteiger partial charge is 0.0602 e. The zero-order valence-corrected chi connectivity index (χ0v) is 6.96. The van der Waals surface area contributed by atoms with E-state index in [9.17, 15) is 0 Å². The molecule has 64 valence electrons. The van der Waals surface area contributed by atoms with Crippen molar-refractivity contribution in [1.29, 1.82) is 0 Å². The quantitative estimate of drug-likeness (QED) is 0.666. The average molecular weight is 163 g/mol. The summed E-state index contributed by atoms with van der Waals surface area (Å²) in [5, 5.41) is 0. The molecule has 0 unspecified atom stereocenters. The van der Waals surface area contributed by atoms with Gasteiger partial charge in [0.2, 0.25) is 0 Å². The Morgan fingerprint density at radius 3 is 2.58 bits per heavy atom. The van der Waals surface area contributed by atoms with Gasteiger partial charge in [0.15, 0.2) is 0 Å². The molecule has 0 atom stereocenters. The third-order valence-electron chi connectivity index (χ3n) is 2.36. The molecule has 1 aliphatic carbocycles. The summed E-state index contributed by atoms with van der Waals surface area (Å²) in [6.07, 6.45) is 3.92. The zero-order valence-electron chi connectivity index (χ0n) is 6.96. The van der Waals surface area contributed by atoms with E-state index in [2.05, 4.69) is 4.98 Å². The summed E-state index contributed by atoms with van der Waals surface area (Å²) in [7, 11) is 0. The van der Waals surface area contributed by atoms with Crippen LogP contribution in [0.25, 0.3) is 0 Å². The highest BCUT2D eigenvalue weighted by atomic mass is 14.9. The normalized spacial score (nSPS) is 19.2. The topological polar surface area (TPSA) is 64.9 Å². The molecule has 1 saturated carbocycles. The molecule has 3 heteroatoms. The Morgan fingerprint density at radius 1 is 1.42 bits per heavy atom. The van der Waals surface area contributed by atoms with Gasteiger partial charge in [0.1, 0.15) is 0 Å². The number of aromatic nitrogens is 1. The van der Waals surface area contributed by atoms with Gasteiger partial charge in [-0.1, -0.05) is 6.07 Å². The van der Waals surface area contributed by atoms with Crippen LogP contribution in [0.5, 0.6) is 0 Å². The summed E-state index contributed by atoms with van der Waals surface area (Å²) < 4.78 is 0. The van der Waals surface area contributed by atoms with Gasteiger partial charge < -0.3 is 11.5 Å². The lowest BCUT2D eigenvalue weighted by atomic mass is 10.1. The minimum Gasteiger partial charge on any atom is -0.326 e. The minimum atomic E-state index is -0.118. The van der Waals surface area contributed by atoms with Crippen molar-refractivity contribution in [2.45, 2.75) is 24.9 Å². The maximum atomic E-state index is 5.97. The summed E-state index contributed by atoms with van der Waals surface area (Å²) in [4.78, 5) is 4.28. The molecule has 3 nitrogen and oxygen atoms in total. The molecule has 0 radical (unpaired) electrons. The number of nitrogens with zero attached hydrogens (tertiary/aromatic N) is 1. The third-order valence-corrected chi connectivity index (χ3v) is 2.36. The van der Waals surface area contributed by atoms with E-state index in [4.69, 9.17) is 11.5 Å². The molecule has 0 bridgehead atoms. The predicted molar refractivity (Wildman–Crippen MR) is 47.2 cm³/mol. The molecule has 0 saturated heterocycles. The Balaban J connectivity index is 2.25. The maximum absolute atomic E-state index is 5.97. The standard InChI is InChI=1S/C9H13N3/c10-5-7-1-2-8(12-6-7)9(11)3-4-9/h1-2,6H,3-5,10-11H2. The molecule has 1 aromatic rings. The molecular formula is C9H13N3. The SMILES string of the molecule is NCc1ccc(C2(N)CC2)nc1. The van der Waals surface area contributed by atoms with Crippen molar-refractivity contribution in [1.82, 2.24) is 4.98 Å². The lowest BCUT2D eigenvalue weighted by molar-refractivity contribution is 0.706. The number of hydrogen-bond donors (Lipinski definition) is 2. The molecule has 0 aliphatic heterocycles. The lowest BCUT2D eigenvalue weighted by Gasteiger charge is -2.07. The van der Waals surface area contributed by atoms with E-state index in [1.165, 1.54) is 0 Å². The summed E-state index contributed by atoms with van der Waals surface area (Å²) in [6.45, 7) is 0.546. The van der Waals surface area contributed by atoms with Crippen LogP contribution in [0, 0.1) is 0 Å². The Labute approximate surface area is 71.8 Å². The number of hydrogen-bond acceptors (Lipinski definition) is 3. The third kappa shape index (κ3) is 1.21. The van der Waals surface area contributed by atoms with E-state index in [0.717, 1.165) is 24.1 Å². The molecule has 1 fully saturated rings. The van der Waals surface area contributed by atoms with Crippen molar-refractivity contribution in [2.75, 3.05) is 0 Å². The van der Waals surface area contributed by atoms with Crippen LogP contribution in [0.15, 0.2) is 18.3 Å². The first-order chi connectivity index (χ1) is 5.74. The Bertz CT molecular complexity index is 274. The van der Waals surface area contributed by atoms with Crippen LogP contribution in [0.2, 0.25) is 0 Å². The maximum Gasteiger partial charge on any atom is 0.0602 e. The lowest BCUT2D eigenvalue weighted by Crippen LogP contribution is -2.20. The van der Waals surface area contributed by atoms with Gasteiger partial charge in [-0.25, -0.2) is 0 Å². The van der Waals surface area contributed by atoms with Crippen molar-refractivity contribution in [3.8, 4) is 0 Å². The van der Waals surface area contributed by atoms with Crippen molar-refractivity contribution >= 4 is 0 Å². The fourth-order valence-corrected chi connectivity index (χ4v) is 1.23. The van der Waals surface area contributed by atoms with Gasteiger partial charge in [0.25, 0.3) is 0 Å². The molecule has 0 spiro atoms. The van der Waals surface area contributed by atoms with Crippen LogP contribution in [-0.2, 0) is 12.1 Å². The van der Waals surface area contributed by atoms with Gasteiger partial charge in [-0.3, -0.25) is 4.98 Å². The number of pyridine rings is 1. The minimum absolute atomic E-state index is 0.118. The van der Waals surface area contributed by atoms with Crippen molar-refractivity contribution < 1.29 is 0 Å². The van der Waals surface area contributed by atoms with Crippen LogP contribution in [0.3, 0.4) is 0 Å². The van der Waals surface area contributed by atoms with Crippen LogP contribution >= 0.6 is 0 Å². The molecular weight excluding hydrogens is 150 g/mol. The first-order valence-electron chi connectivity index (χ1n) is 4.19. The fraction of sp³-hybridized carbons (Fsp3) is 0.444. The number of rotatable bonds is 2. The summed E-state index contributed by atoms with van der Waals surface area (Å²) in [6, 6.07) is 3.98. The molecule has 12 heavy (non-hydrogen) atoms. The van der Waals surface area contributed by atoms with E-state index in [1.54, 1.807) is 0 Å². The van der Waals surface area contributed by atoms with Gasteiger partial charge in [0, 0.05) is 12.7 Å². The van der Waals surface area contributed by atoms with Gasteiger partial charge in [0.05, 0.1) is 11.2 Å². The molecule has 0 aromatic carbocycles. The van der Waals surface area contributed by atoms with E-state index >= 15 is 0 Å². The van der Waals surface area contributed by atoms with Crippen molar-refractivity contribution in [3.63, 3.8) is 0 Å². The van der Waals surface area contributed by atoms with Crippen LogP contribution in [0.4, 0.5) is 0 Å². The van der Waals surface area contributed by atoms with Crippen molar-refractivity contribution in [2.24, 2.45) is 11.5 Å². The van der Waals surface area contributed by atoms with Gasteiger partial charge in [-0.15, -0.1) is 0 Å². The Morgan fingerprint density at radius 2 is 2.17 bits per heavy atom. The monoisotopic (exact) mass is 163 g/mol. The summed E-state index contributed by atoms with van der Waals surface area (Å²) in [5.74, 6) is 0. The second-order valence-corrected chi connectivity index (χ2v) is 3.41. The van der Waals surface area contributed by atoms with Crippen LogP contribution in [0.1, 0.15) is 24.1 Å². The second kappa shape index (κ2) is 2.54. The predicted octanol–water partition coefficient (Wildman–Crippen LogP) is 0.488. The molecule has 2 rings (SSSR count).